The Kier molecular flexibility index (Phi) is 6.95. The van der Waals surface area contributed by atoms with Crippen molar-refractivity contribution in [2.75, 3.05) is 6.54 Å². The van der Waals surface area contributed by atoms with Gasteiger partial charge in [0, 0.05) is 19.2 Å². The maximum atomic E-state index is 12.7. The molecule has 9 heteroatoms. The van der Waals surface area contributed by atoms with Gasteiger partial charge in [-0.15, -0.1) is 10.2 Å². The number of hydrogen-bond donors (Lipinski definition) is 1. The number of benzene rings is 3. The van der Waals surface area contributed by atoms with Crippen molar-refractivity contribution in [3.05, 3.63) is 95.5 Å². The van der Waals surface area contributed by atoms with E-state index in [-0.39, 0.29) is 16.7 Å². The monoisotopic (exact) mass is 484 g/mol. The Labute approximate surface area is 196 Å². The fraction of sp³-hybridized carbons (Fsp3) is 0.130. The van der Waals surface area contributed by atoms with Crippen molar-refractivity contribution in [3.8, 4) is 11.4 Å². The third kappa shape index (κ3) is 5.05. The summed E-state index contributed by atoms with van der Waals surface area (Å²) in [5.41, 5.74) is 1.77. The number of hydrogen-bond acceptors (Lipinski definition) is 5. The Balaban J connectivity index is 1.60. The zero-order valence-corrected chi connectivity index (χ0v) is 19.6. The minimum absolute atomic E-state index is 0.195. The van der Waals surface area contributed by atoms with Gasteiger partial charge in [0.15, 0.2) is 11.0 Å². The fourth-order valence-corrected chi connectivity index (χ4v) is 5.63. The standard InChI is InChI=1S/C23H21ClN4O2S2/c1-28-22(19-14-8-9-15-20(19)24)26-27-23(28)31-21(17-10-4-2-5-11-17)16-25-32(29,30)18-12-6-3-7-13-18/h2-15,21,25H,16H2,1H3. The summed E-state index contributed by atoms with van der Waals surface area (Å²) in [5.74, 6) is 0.648. The third-order valence-electron chi connectivity index (χ3n) is 4.88. The molecule has 1 N–H and O–H groups in total. The summed E-state index contributed by atoms with van der Waals surface area (Å²) in [7, 11) is -1.76. The molecule has 0 aliphatic carbocycles. The zero-order valence-electron chi connectivity index (χ0n) is 17.2. The highest BCUT2D eigenvalue weighted by Crippen LogP contribution is 2.36. The highest BCUT2D eigenvalue weighted by Gasteiger charge is 2.22. The van der Waals surface area contributed by atoms with Crippen LogP contribution in [0.1, 0.15) is 10.8 Å². The molecule has 4 aromatic rings. The Morgan fingerprint density at radius 2 is 1.56 bits per heavy atom. The van der Waals surface area contributed by atoms with Crippen LogP contribution in [0.3, 0.4) is 0 Å². The van der Waals surface area contributed by atoms with Crippen LogP contribution >= 0.6 is 23.4 Å². The van der Waals surface area contributed by atoms with Gasteiger partial charge in [-0.25, -0.2) is 13.1 Å². The number of sulfonamides is 1. The van der Waals surface area contributed by atoms with Gasteiger partial charge in [0.1, 0.15) is 0 Å². The molecule has 0 aliphatic heterocycles. The molecule has 1 heterocycles. The number of rotatable bonds is 8. The lowest BCUT2D eigenvalue weighted by atomic mass is 10.1. The number of thioether (sulfide) groups is 1. The SMILES string of the molecule is Cn1c(SC(CNS(=O)(=O)c2ccccc2)c2ccccc2)nnc1-c1ccccc1Cl. The quantitative estimate of drug-likeness (QED) is 0.358. The minimum Gasteiger partial charge on any atom is -0.305 e. The van der Waals surface area contributed by atoms with Crippen LogP contribution in [0, 0.1) is 0 Å². The molecule has 0 saturated carbocycles. The van der Waals surface area contributed by atoms with Crippen LogP contribution in [0.25, 0.3) is 11.4 Å². The second-order valence-electron chi connectivity index (χ2n) is 7.03. The van der Waals surface area contributed by atoms with E-state index in [0.717, 1.165) is 11.1 Å². The first-order chi connectivity index (χ1) is 15.5. The first-order valence-electron chi connectivity index (χ1n) is 9.86. The van der Waals surface area contributed by atoms with Crippen LogP contribution in [-0.4, -0.2) is 29.7 Å². The normalized spacial score (nSPS) is 12.6. The Morgan fingerprint density at radius 3 is 2.25 bits per heavy atom. The molecule has 0 fully saturated rings. The summed E-state index contributed by atoms with van der Waals surface area (Å²) in [5, 5.41) is 9.70. The largest absolute Gasteiger partial charge is 0.305 e. The van der Waals surface area contributed by atoms with Crippen LogP contribution < -0.4 is 4.72 Å². The van der Waals surface area contributed by atoms with Crippen LogP contribution in [0.2, 0.25) is 5.02 Å². The summed E-state index contributed by atoms with van der Waals surface area (Å²) < 4.78 is 30.1. The molecule has 4 rings (SSSR count). The van der Waals surface area contributed by atoms with E-state index in [1.807, 2.05) is 66.2 Å². The van der Waals surface area contributed by atoms with E-state index in [1.165, 1.54) is 11.8 Å². The van der Waals surface area contributed by atoms with E-state index in [9.17, 15) is 8.42 Å². The molecule has 3 aromatic carbocycles. The molecule has 6 nitrogen and oxygen atoms in total. The zero-order chi connectivity index (χ0) is 22.6. The minimum atomic E-state index is -3.63. The highest BCUT2D eigenvalue weighted by atomic mass is 35.5. The predicted octanol–water partition coefficient (Wildman–Crippen LogP) is 4.95. The molecule has 0 spiro atoms. The van der Waals surface area contributed by atoms with Gasteiger partial charge in [-0.2, -0.15) is 0 Å². The van der Waals surface area contributed by atoms with Gasteiger partial charge >= 0.3 is 0 Å². The van der Waals surface area contributed by atoms with Gasteiger partial charge in [-0.05, 0) is 29.8 Å². The topological polar surface area (TPSA) is 76.9 Å². The van der Waals surface area contributed by atoms with Crippen molar-refractivity contribution in [1.82, 2.24) is 19.5 Å². The van der Waals surface area contributed by atoms with Crippen LogP contribution in [-0.2, 0) is 17.1 Å². The Morgan fingerprint density at radius 1 is 0.938 bits per heavy atom. The van der Waals surface area contributed by atoms with Crippen LogP contribution in [0.15, 0.2) is 95.0 Å². The first kappa shape index (κ1) is 22.5. The highest BCUT2D eigenvalue weighted by molar-refractivity contribution is 7.99. The fourth-order valence-electron chi connectivity index (χ4n) is 3.19. The van der Waals surface area contributed by atoms with E-state index in [0.29, 0.717) is 16.0 Å². The van der Waals surface area contributed by atoms with Crippen molar-refractivity contribution < 1.29 is 8.42 Å². The molecule has 0 amide bonds. The predicted molar refractivity (Wildman–Crippen MR) is 128 cm³/mol. The number of aromatic nitrogens is 3. The van der Waals surface area contributed by atoms with Crippen LogP contribution in [0.5, 0.6) is 0 Å². The molecule has 1 atom stereocenters. The van der Waals surface area contributed by atoms with Gasteiger partial charge in [0.2, 0.25) is 10.0 Å². The second-order valence-corrected chi connectivity index (χ2v) is 10.4. The van der Waals surface area contributed by atoms with E-state index >= 15 is 0 Å². The van der Waals surface area contributed by atoms with Crippen molar-refractivity contribution in [2.45, 2.75) is 15.3 Å². The van der Waals surface area contributed by atoms with Crippen molar-refractivity contribution >= 4 is 33.4 Å². The van der Waals surface area contributed by atoms with Gasteiger partial charge in [0.25, 0.3) is 0 Å². The molecule has 0 radical (unpaired) electrons. The summed E-state index contributed by atoms with van der Waals surface area (Å²) >= 11 is 7.78. The van der Waals surface area contributed by atoms with Crippen molar-refractivity contribution in [3.63, 3.8) is 0 Å². The molecule has 0 saturated heterocycles. The lowest BCUT2D eigenvalue weighted by Gasteiger charge is -2.17. The van der Waals surface area contributed by atoms with Crippen molar-refractivity contribution in [1.29, 1.82) is 0 Å². The summed E-state index contributed by atoms with van der Waals surface area (Å²) in [4.78, 5) is 0.233. The molecule has 1 unspecified atom stereocenters. The van der Waals surface area contributed by atoms with Gasteiger partial charge in [0.05, 0.1) is 15.2 Å². The molecule has 32 heavy (non-hydrogen) atoms. The first-order valence-corrected chi connectivity index (χ1v) is 12.6. The lowest BCUT2D eigenvalue weighted by molar-refractivity contribution is 0.581. The van der Waals surface area contributed by atoms with Crippen molar-refractivity contribution in [2.24, 2.45) is 7.05 Å². The van der Waals surface area contributed by atoms with Crippen LogP contribution in [0.4, 0.5) is 0 Å². The van der Waals surface area contributed by atoms with E-state index in [4.69, 9.17) is 11.6 Å². The Hall–Kier alpha value is -2.65. The maximum Gasteiger partial charge on any atom is 0.240 e. The lowest BCUT2D eigenvalue weighted by Crippen LogP contribution is -2.27. The smallest absolute Gasteiger partial charge is 0.240 e. The third-order valence-corrected chi connectivity index (χ3v) is 7.94. The summed E-state index contributed by atoms with van der Waals surface area (Å²) in [6, 6.07) is 25.5. The summed E-state index contributed by atoms with van der Waals surface area (Å²) in [6.07, 6.45) is 0. The number of halogens is 1. The number of nitrogens with zero attached hydrogens (tertiary/aromatic N) is 3. The molecule has 0 bridgehead atoms. The molecule has 1 aromatic heterocycles. The number of nitrogens with one attached hydrogen (secondary N) is 1. The second kappa shape index (κ2) is 9.87. The molecule has 164 valence electrons. The summed E-state index contributed by atoms with van der Waals surface area (Å²) in [6.45, 7) is 0.195. The van der Waals surface area contributed by atoms with E-state index < -0.39 is 10.0 Å². The maximum absolute atomic E-state index is 12.7. The van der Waals surface area contributed by atoms with Gasteiger partial charge in [-0.1, -0.05) is 84.0 Å². The molecular weight excluding hydrogens is 464 g/mol. The molecule has 0 aliphatic rings. The van der Waals surface area contributed by atoms with Gasteiger partial charge in [-0.3, -0.25) is 0 Å². The molecular formula is C23H21ClN4O2S2. The van der Waals surface area contributed by atoms with E-state index in [1.54, 1.807) is 30.3 Å². The average Bonchev–Trinajstić information content (AvgIpc) is 3.18. The average molecular weight is 485 g/mol. The van der Waals surface area contributed by atoms with Gasteiger partial charge < -0.3 is 4.57 Å². The Bertz CT molecular complexity index is 1300. The van der Waals surface area contributed by atoms with E-state index in [2.05, 4.69) is 14.9 Å².